The molecular formula is C23H30O6. The molecule has 0 radical (unpaired) electrons. The van der Waals surface area contributed by atoms with Gasteiger partial charge in [-0.05, 0) is 40.2 Å². The van der Waals surface area contributed by atoms with E-state index in [1.165, 1.54) is 6.92 Å². The van der Waals surface area contributed by atoms with Crippen molar-refractivity contribution in [1.82, 2.24) is 0 Å². The summed E-state index contributed by atoms with van der Waals surface area (Å²) in [4.78, 5) is 38.4. The number of rotatable bonds is 6. The van der Waals surface area contributed by atoms with Gasteiger partial charge in [0.05, 0.1) is 23.7 Å². The van der Waals surface area contributed by atoms with Gasteiger partial charge < -0.3 is 14.6 Å². The highest BCUT2D eigenvalue weighted by Gasteiger charge is 2.56. The largest absolute Gasteiger partial charge is 0.463 e. The fourth-order valence-electron chi connectivity index (χ4n) is 3.71. The molecule has 158 valence electrons. The first-order valence-corrected chi connectivity index (χ1v) is 9.92. The van der Waals surface area contributed by atoms with E-state index in [-0.39, 0.29) is 6.42 Å². The summed E-state index contributed by atoms with van der Waals surface area (Å²) in [6.07, 6.45) is 2.26. The van der Waals surface area contributed by atoms with Crippen LogP contribution in [0.15, 0.2) is 36.4 Å². The number of allylic oxidation sites excluding steroid dienone is 1. The number of carbonyl (C=O) groups is 3. The molecule has 6 heteroatoms. The van der Waals surface area contributed by atoms with E-state index < -0.39 is 53.3 Å². The average Bonchev–Trinajstić information content (AvgIpc) is 2.58. The van der Waals surface area contributed by atoms with Crippen molar-refractivity contribution in [3.05, 3.63) is 42.0 Å². The van der Waals surface area contributed by atoms with E-state index in [9.17, 15) is 19.5 Å². The van der Waals surface area contributed by atoms with Crippen LogP contribution in [0.5, 0.6) is 0 Å². The number of esters is 2. The van der Waals surface area contributed by atoms with E-state index in [1.807, 2.05) is 30.3 Å². The first kappa shape index (κ1) is 22.8. The molecule has 1 aromatic carbocycles. The third-order valence-electron chi connectivity index (χ3n) is 4.84. The number of ether oxygens (including phenoxy) is 2. The van der Waals surface area contributed by atoms with Gasteiger partial charge in [0, 0.05) is 12.3 Å². The molecule has 0 spiro atoms. The molecule has 1 N–H and O–H groups in total. The van der Waals surface area contributed by atoms with Gasteiger partial charge in [0.25, 0.3) is 0 Å². The van der Waals surface area contributed by atoms with E-state index in [0.29, 0.717) is 0 Å². The van der Waals surface area contributed by atoms with E-state index >= 15 is 0 Å². The Labute approximate surface area is 171 Å². The van der Waals surface area contributed by atoms with E-state index in [0.717, 1.165) is 5.56 Å². The second-order valence-electron chi connectivity index (χ2n) is 8.27. The molecule has 0 amide bonds. The topological polar surface area (TPSA) is 89.9 Å². The highest BCUT2D eigenvalue weighted by Crippen LogP contribution is 2.42. The second kappa shape index (κ2) is 9.35. The minimum Gasteiger partial charge on any atom is -0.463 e. The molecule has 29 heavy (non-hydrogen) atoms. The number of aliphatic hydroxyl groups is 1. The van der Waals surface area contributed by atoms with Crippen molar-refractivity contribution in [3.63, 3.8) is 0 Å². The van der Waals surface area contributed by atoms with Gasteiger partial charge >= 0.3 is 11.9 Å². The molecule has 1 aliphatic rings. The molecule has 1 aliphatic carbocycles. The molecule has 4 unspecified atom stereocenters. The van der Waals surface area contributed by atoms with Crippen molar-refractivity contribution in [1.29, 1.82) is 0 Å². The van der Waals surface area contributed by atoms with Crippen molar-refractivity contribution < 1.29 is 29.0 Å². The summed E-state index contributed by atoms with van der Waals surface area (Å²) in [6, 6.07) is 9.32. The maximum atomic E-state index is 12.9. The van der Waals surface area contributed by atoms with Crippen LogP contribution in [0.2, 0.25) is 0 Å². The van der Waals surface area contributed by atoms with Gasteiger partial charge in [-0.3, -0.25) is 14.4 Å². The zero-order chi connectivity index (χ0) is 21.8. The van der Waals surface area contributed by atoms with Crippen LogP contribution >= 0.6 is 0 Å². The molecule has 0 saturated heterocycles. The smallest absolute Gasteiger partial charge is 0.317 e. The number of benzene rings is 1. The van der Waals surface area contributed by atoms with Crippen LogP contribution in [0.3, 0.4) is 0 Å². The van der Waals surface area contributed by atoms with Gasteiger partial charge in [-0.2, -0.15) is 0 Å². The second-order valence-corrected chi connectivity index (χ2v) is 8.27. The van der Waals surface area contributed by atoms with Crippen LogP contribution in [-0.2, 0) is 23.9 Å². The Bertz CT molecular complexity index is 755. The van der Waals surface area contributed by atoms with Gasteiger partial charge in [-0.15, -0.1) is 0 Å². The fraction of sp³-hybridized carbons (Fsp3) is 0.522. The summed E-state index contributed by atoms with van der Waals surface area (Å²) in [5.74, 6) is -4.91. The Morgan fingerprint density at radius 3 is 2.17 bits per heavy atom. The summed E-state index contributed by atoms with van der Waals surface area (Å²) < 4.78 is 10.6. The maximum absolute atomic E-state index is 12.9. The lowest BCUT2D eigenvalue weighted by Crippen LogP contribution is -2.56. The van der Waals surface area contributed by atoms with Crippen molar-refractivity contribution in [2.75, 3.05) is 0 Å². The molecule has 0 aliphatic heterocycles. The lowest BCUT2D eigenvalue weighted by molar-refractivity contribution is -0.178. The zero-order valence-corrected chi connectivity index (χ0v) is 17.6. The van der Waals surface area contributed by atoms with E-state index in [1.54, 1.807) is 39.8 Å². The van der Waals surface area contributed by atoms with E-state index in [2.05, 4.69) is 0 Å². The maximum Gasteiger partial charge on any atom is 0.317 e. The number of hydrogen-bond donors (Lipinski definition) is 1. The van der Waals surface area contributed by atoms with Crippen molar-refractivity contribution in [2.24, 2.45) is 17.8 Å². The van der Waals surface area contributed by atoms with Gasteiger partial charge in [0.1, 0.15) is 5.92 Å². The highest BCUT2D eigenvalue weighted by atomic mass is 16.5. The molecule has 1 fully saturated rings. The Kier molecular flexibility index (Phi) is 7.36. The average molecular weight is 402 g/mol. The molecule has 4 atom stereocenters. The Morgan fingerprint density at radius 1 is 1.07 bits per heavy atom. The number of hydrogen-bond acceptors (Lipinski definition) is 6. The Morgan fingerprint density at radius 2 is 1.62 bits per heavy atom. The first-order chi connectivity index (χ1) is 13.5. The summed E-state index contributed by atoms with van der Waals surface area (Å²) in [6.45, 7) is 8.24. The molecule has 0 aromatic heterocycles. The quantitative estimate of drug-likeness (QED) is 0.581. The Balaban J connectivity index is 2.50. The Hall–Kier alpha value is -2.47. The number of Topliss-reactive ketones (excluding diaryl/α,β-unsaturated/α-hetero) is 1. The molecule has 1 aromatic rings. The van der Waals surface area contributed by atoms with Crippen LogP contribution in [0.1, 0.15) is 46.6 Å². The standard InChI is InChI=1S/C23H30O6/c1-14(2)28-21(25)19-17(12-11-16-9-7-6-8-10-16)20(22(26)29-15(3)4)23(5,27)13-18(19)24/h6-12,14-15,17,19-20,27H,13H2,1-5H3. The summed E-state index contributed by atoms with van der Waals surface area (Å²) in [5, 5.41) is 10.9. The third-order valence-corrected chi connectivity index (χ3v) is 4.84. The normalized spacial score (nSPS) is 27.4. The van der Waals surface area contributed by atoms with Gasteiger partial charge in [0.15, 0.2) is 5.78 Å². The predicted molar refractivity (Wildman–Crippen MR) is 109 cm³/mol. The van der Waals surface area contributed by atoms with Crippen LogP contribution in [-0.4, -0.2) is 40.6 Å². The van der Waals surface area contributed by atoms with Crippen LogP contribution in [0.4, 0.5) is 0 Å². The van der Waals surface area contributed by atoms with Gasteiger partial charge in [0.2, 0.25) is 0 Å². The molecule has 0 bridgehead atoms. The monoisotopic (exact) mass is 402 g/mol. The predicted octanol–water partition coefficient (Wildman–Crippen LogP) is 3.18. The summed E-state index contributed by atoms with van der Waals surface area (Å²) >= 11 is 0. The van der Waals surface area contributed by atoms with Gasteiger partial charge in [-0.25, -0.2) is 0 Å². The molecule has 2 rings (SSSR count). The van der Waals surface area contributed by atoms with Crippen LogP contribution in [0, 0.1) is 17.8 Å². The van der Waals surface area contributed by atoms with Gasteiger partial charge in [-0.1, -0.05) is 42.5 Å². The number of ketones is 1. The molecule has 1 saturated carbocycles. The highest BCUT2D eigenvalue weighted by molar-refractivity contribution is 6.02. The van der Waals surface area contributed by atoms with Crippen molar-refractivity contribution >= 4 is 23.8 Å². The lowest BCUT2D eigenvalue weighted by Gasteiger charge is -2.42. The van der Waals surface area contributed by atoms with Crippen molar-refractivity contribution in [3.8, 4) is 0 Å². The first-order valence-electron chi connectivity index (χ1n) is 9.92. The molecular weight excluding hydrogens is 372 g/mol. The summed E-state index contributed by atoms with van der Waals surface area (Å²) in [7, 11) is 0. The van der Waals surface area contributed by atoms with Crippen molar-refractivity contribution in [2.45, 2.75) is 58.8 Å². The van der Waals surface area contributed by atoms with Crippen LogP contribution in [0.25, 0.3) is 6.08 Å². The lowest BCUT2D eigenvalue weighted by atomic mass is 9.63. The molecule has 6 nitrogen and oxygen atoms in total. The minimum absolute atomic E-state index is 0.321. The third kappa shape index (κ3) is 5.76. The zero-order valence-electron chi connectivity index (χ0n) is 17.6. The summed E-state index contributed by atoms with van der Waals surface area (Å²) in [5.41, 5.74) is -0.791. The fourth-order valence-corrected chi connectivity index (χ4v) is 3.71. The van der Waals surface area contributed by atoms with Crippen LogP contribution < -0.4 is 0 Å². The van der Waals surface area contributed by atoms with E-state index in [4.69, 9.17) is 9.47 Å². The number of carbonyl (C=O) groups excluding carboxylic acids is 3. The molecule has 0 heterocycles. The SMILES string of the molecule is CC(C)OC(=O)C1C(=O)CC(C)(O)C(C(=O)OC(C)C)C1C=Cc1ccccc1. The minimum atomic E-state index is -1.64.